The number of aromatic nitrogens is 3. The van der Waals surface area contributed by atoms with Gasteiger partial charge in [0.05, 0.1) is 17.6 Å². The summed E-state index contributed by atoms with van der Waals surface area (Å²) in [6, 6.07) is 0. The first-order valence-corrected chi connectivity index (χ1v) is 5.96. The van der Waals surface area contributed by atoms with Crippen LogP contribution in [0.2, 0.25) is 0 Å². The lowest BCUT2D eigenvalue weighted by atomic mass is 10.1. The maximum Gasteiger partial charge on any atom is 0.155 e. The van der Waals surface area contributed by atoms with Crippen molar-refractivity contribution in [1.82, 2.24) is 19.3 Å². The fraction of sp³-hybridized carbons (Fsp3) is 0.0667. The van der Waals surface area contributed by atoms with E-state index >= 15 is 0 Å². The predicted octanol–water partition coefficient (Wildman–Crippen LogP) is 2.73. The molecule has 94 valence electrons. The zero-order valence-corrected chi connectivity index (χ0v) is 10.7. The summed E-state index contributed by atoms with van der Waals surface area (Å²) >= 11 is 0. The summed E-state index contributed by atoms with van der Waals surface area (Å²) in [5.74, 6) is 0. The molecular weight excluding hydrogens is 236 g/mol. The van der Waals surface area contributed by atoms with Gasteiger partial charge in [0.25, 0.3) is 0 Å². The molecule has 19 heavy (non-hydrogen) atoms. The van der Waals surface area contributed by atoms with E-state index < -0.39 is 0 Å². The van der Waals surface area contributed by atoms with E-state index in [1.54, 1.807) is 12.3 Å². The van der Waals surface area contributed by atoms with Crippen LogP contribution in [0.5, 0.6) is 0 Å². The molecule has 0 aliphatic carbocycles. The lowest BCUT2D eigenvalue weighted by molar-refractivity contribution is 0.588. The van der Waals surface area contributed by atoms with Gasteiger partial charge in [-0.1, -0.05) is 13.2 Å². The van der Waals surface area contributed by atoms with Gasteiger partial charge in [-0.05, 0) is 18.2 Å². The second-order valence-electron chi connectivity index (χ2n) is 4.43. The van der Waals surface area contributed by atoms with Gasteiger partial charge < -0.3 is 9.30 Å². The van der Waals surface area contributed by atoms with E-state index in [2.05, 4.69) is 23.1 Å². The Labute approximate surface area is 111 Å². The summed E-state index contributed by atoms with van der Waals surface area (Å²) < 4.78 is 1.95. The average Bonchev–Trinajstić information content (AvgIpc) is 2.83. The molecule has 2 aromatic rings. The minimum absolute atomic E-state index is 0.815. The fourth-order valence-electron chi connectivity index (χ4n) is 1.94. The molecule has 0 saturated carbocycles. The topological polar surface area (TPSA) is 33.4 Å². The molecule has 0 spiro atoms. The minimum Gasteiger partial charge on any atom is -0.351 e. The maximum atomic E-state index is 4.44. The van der Waals surface area contributed by atoms with Gasteiger partial charge in [-0.15, -0.1) is 0 Å². The highest BCUT2D eigenvalue weighted by Gasteiger charge is 2.09. The van der Waals surface area contributed by atoms with Gasteiger partial charge in [0.15, 0.2) is 5.65 Å². The normalized spacial score (nSPS) is 14.9. The van der Waals surface area contributed by atoms with E-state index in [9.17, 15) is 0 Å². The van der Waals surface area contributed by atoms with E-state index in [1.807, 2.05) is 47.1 Å². The third-order valence-corrected chi connectivity index (χ3v) is 3.12. The molecule has 2 aromatic heterocycles. The van der Waals surface area contributed by atoms with Crippen molar-refractivity contribution in [2.24, 2.45) is 0 Å². The monoisotopic (exact) mass is 250 g/mol. The van der Waals surface area contributed by atoms with Crippen molar-refractivity contribution in [1.29, 1.82) is 0 Å². The summed E-state index contributed by atoms with van der Waals surface area (Å²) in [7, 11) is 1.97. The molecule has 0 amide bonds. The third-order valence-electron chi connectivity index (χ3n) is 3.12. The zero-order valence-electron chi connectivity index (χ0n) is 10.7. The van der Waals surface area contributed by atoms with Gasteiger partial charge >= 0.3 is 0 Å². The molecule has 0 atom stereocenters. The van der Waals surface area contributed by atoms with Gasteiger partial charge in [-0.3, -0.25) is 4.98 Å². The average molecular weight is 250 g/mol. The van der Waals surface area contributed by atoms with Crippen LogP contribution in [-0.4, -0.2) is 26.3 Å². The summed E-state index contributed by atoms with van der Waals surface area (Å²) in [4.78, 5) is 10.8. The Balaban J connectivity index is 2.06. The molecule has 0 fully saturated rings. The van der Waals surface area contributed by atoms with Crippen LogP contribution < -0.4 is 0 Å². The van der Waals surface area contributed by atoms with Crippen molar-refractivity contribution >= 4 is 17.3 Å². The van der Waals surface area contributed by atoms with Crippen LogP contribution in [0.1, 0.15) is 11.4 Å². The molecule has 4 nitrogen and oxygen atoms in total. The van der Waals surface area contributed by atoms with Crippen molar-refractivity contribution in [3.8, 4) is 0 Å². The largest absolute Gasteiger partial charge is 0.351 e. The Hall–Kier alpha value is -2.62. The third kappa shape index (κ3) is 1.97. The number of fused-ring (bicyclic) bond motifs is 1. The number of rotatable bonds is 2. The van der Waals surface area contributed by atoms with Crippen molar-refractivity contribution in [3.63, 3.8) is 0 Å². The summed E-state index contributed by atoms with van der Waals surface area (Å²) in [5.41, 5.74) is 4.54. The molecular formula is C15H14N4. The second kappa shape index (κ2) is 4.24. The first-order chi connectivity index (χ1) is 9.17. The van der Waals surface area contributed by atoms with Crippen molar-refractivity contribution in [2.45, 2.75) is 0 Å². The van der Waals surface area contributed by atoms with Crippen LogP contribution in [0.3, 0.4) is 0 Å². The number of hydrogen-bond acceptors (Lipinski definition) is 3. The summed E-state index contributed by atoms with van der Waals surface area (Å²) in [6.07, 6.45) is 13.4. The SMILES string of the molecule is C=Cc1cn2cc(C3=CC(=C)N(C)C=C3)ncc2n1. The van der Waals surface area contributed by atoms with Gasteiger partial charge in [-0.2, -0.15) is 0 Å². The maximum absolute atomic E-state index is 4.44. The van der Waals surface area contributed by atoms with Crippen molar-refractivity contribution < 1.29 is 0 Å². The molecule has 3 rings (SSSR count). The summed E-state index contributed by atoms with van der Waals surface area (Å²) in [5, 5.41) is 0. The number of nitrogens with zero attached hydrogens (tertiary/aromatic N) is 4. The van der Waals surface area contributed by atoms with Crippen LogP contribution in [0.4, 0.5) is 0 Å². The Morgan fingerprint density at radius 3 is 2.89 bits per heavy atom. The van der Waals surface area contributed by atoms with Gasteiger partial charge in [0.2, 0.25) is 0 Å². The van der Waals surface area contributed by atoms with E-state index in [4.69, 9.17) is 0 Å². The smallest absolute Gasteiger partial charge is 0.155 e. The van der Waals surface area contributed by atoms with Crippen LogP contribution in [-0.2, 0) is 0 Å². The highest BCUT2D eigenvalue weighted by molar-refractivity contribution is 5.75. The lowest BCUT2D eigenvalue weighted by Gasteiger charge is -2.19. The molecule has 3 heterocycles. The van der Waals surface area contributed by atoms with Crippen LogP contribution in [0.25, 0.3) is 17.3 Å². The highest BCUT2D eigenvalue weighted by Crippen LogP contribution is 2.21. The Kier molecular flexibility index (Phi) is 2.56. The van der Waals surface area contributed by atoms with E-state index in [0.29, 0.717) is 0 Å². The molecule has 0 unspecified atom stereocenters. The Morgan fingerprint density at radius 1 is 1.32 bits per heavy atom. The quantitative estimate of drug-likeness (QED) is 0.821. The molecule has 0 saturated heterocycles. The zero-order chi connectivity index (χ0) is 13.4. The predicted molar refractivity (Wildman–Crippen MR) is 77.1 cm³/mol. The van der Waals surface area contributed by atoms with Gasteiger partial charge in [0.1, 0.15) is 0 Å². The Morgan fingerprint density at radius 2 is 2.16 bits per heavy atom. The summed E-state index contributed by atoms with van der Waals surface area (Å²) in [6.45, 7) is 7.71. The van der Waals surface area contributed by atoms with E-state index in [-0.39, 0.29) is 0 Å². The van der Waals surface area contributed by atoms with Crippen molar-refractivity contribution in [3.05, 3.63) is 67.2 Å². The minimum atomic E-state index is 0.815. The molecule has 4 heteroatoms. The highest BCUT2D eigenvalue weighted by atomic mass is 15.1. The first-order valence-electron chi connectivity index (χ1n) is 5.96. The van der Waals surface area contributed by atoms with Crippen LogP contribution in [0.15, 0.2) is 55.8 Å². The number of hydrogen-bond donors (Lipinski definition) is 0. The molecule has 0 radical (unpaired) electrons. The van der Waals surface area contributed by atoms with Crippen LogP contribution in [0, 0.1) is 0 Å². The second-order valence-corrected chi connectivity index (χ2v) is 4.43. The molecule has 0 N–H and O–H groups in total. The van der Waals surface area contributed by atoms with Gasteiger partial charge in [0, 0.05) is 36.9 Å². The van der Waals surface area contributed by atoms with Crippen molar-refractivity contribution in [2.75, 3.05) is 7.05 Å². The van der Waals surface area contributed by atoms with Gasteiger partial charge in [-0.25, -0.2) is 4.98 Å². The molecule has 0 aromatic carbocycles. The molecule has 1 aliphatic rings. The number of likely N-dealkylation sites (N-methyl/N-ethyl adjacent to an activating group) is 1. The number of allylic oxidation sites excluding steroid dienone is 3. The molecule has 1 aliphatic heterocycles. The number of imidazole rings is 1. The Bertz CT molecular complexity index is 734. The fourth-order valence-corrected chi connectivity index (χ4v) is 1.94. The lowest BCUT2D eigenvalue weighted by Crippen LogP contribution is -2.11. The first kappa shape index (κ1) is 11.5. The van der Waals surface area contributed by atoms with Crippen LogP contribution >= 0.6 is 0 Å². The van der Waals surface area contributed by atoms with E-state index in [0.717, 1.165) is 28.3 Å². The van der Waals surface area contributed by atoms with E-state index in [1.165, 1.54) is 0 Å². The standard InChI is InChI=1S/C15H14N4/c1-4-13-9-19-10-14(16-8-15(19)17-13)12-5-6-18(3)11(2)7-12/h4-10H,1-2H2,3H3. The molecule has 0 bridgehead atoms.